The van der Waals surface area contributed by atoms with Gasteiger partial charge in [-0.25, -0.2) is 18.5 Å². The zero-order chi connectivity index (χ0) is 22.5. The van der Waals surface area contributed by atoms with Gasteiger partial charge >= 0.3 is 6.03 Å². The second kappa shape index (κ2) is 7.93. The summed E-state index contributed by atoms with van der Waals surface area (Å²) in [5.74, 6) is -0.685. The zero-order valence-electron chi connectivity index (χ0n) is 18.3. The molecular weight excluding hydrogens is 427 g/mol. The molecule has 0 spiro atoms. The van der Waals surface area contributed by atoms with Crippen molar-refractivity contribution in [3.63, 3.8) is 0 Å². The van der Waals surface area contributed by atoms with E-state index >= 15 is 0 Å². The first-order chi connectivity index (χ1) is 15.3. The van der Waals surface area contributed by atoms with Gasteiger partial charge in [0.1, 0.15) is 15.7 Å². The fourth-order valence-corrected chi connectivity index (χ4v) is 6.39. The molecule has 0 bridgehead atoms. The first kappa shape index (κ1) is 21.6. The number of nitrogens with two attached hydrogens (primary N) is 1. The zero-order valence-corrected chi connectivity index (χ0v) is 19.1. The van der Waals surface area contributed by atoms with Crippen LogP contribution in [0.25, 0.3) is 0 Å². The Labute approximate surface area is 188 Å². The Morgan fingerprint density at radius 2 is 1.78 bits per heavy atom. The molecule has 32 heavy (non-hydrogen) atoms. The van der Waals surface area contributed by atoms with Crippen LogP contribution < -0.4 is 15.8 Å². The summed E-state index contributed by atoms with van der Waals surface area (Å²) in [7, 11) is -1.85. The van der Waals surface area contributed by atoms with Gasteiger partial charge in [0.2, 0.25) is 0 Å². The van der Waals surface area contributed by atoms with Crippen LogP contribution in [0.15, 0.2) is 33.5 Å². The van der Waals surface area contributed by atoms with Crippen molar-refractivity contribution >= 4 is 21.6 Å². The van der Waals surface area contributed by atoms with Crippen LogP contribution in [-0.4, -0.2) is 23.8 Å². The van der Waals surface area contributed by atoms with Crippen molar-refractivity contribution in [3.8, 4) is 0 Å². The number of nitrogens with one attached hydrogen (secondary N) is 2. The lowest BCUT2D eigenvalue weighted by Crippen LogP contribution is -2.24. The lowest BCUT2D eigenvalue weighted by molar-refractivity contribution is 0.260. The number of hydrogen-bond acceptors (Lipinski definition) is 3. The molecule has 0 aromatic heterocycles. The van der Waals surface area contributed by atoms with Crippen LogP contribution in [0.1, 0.15) is 53.5 Å². The number of aryl methyl sites for hydroxylation is 2. The molecule has 5 rings (SSSR count). The summed E-state index contributed by atoms with van der Waals surface area (Å²) < 4.78 is 31.7. The van der Waals surface area contributed by atoms with Gasteiger partial charge in [0.25, 0.3) is 0 Å². The van der Waals surface area contributed by atoms with Crippen molar-refractivity contribution < 1.29 is 13.4 Å². The molecule has 4 N–H and O–H groups in total. The number of fused-ring (bicyclic) bond motifs is 2. The minimum Gasteiger partial charge on any atom is -0.319 e. The second-order valence-corrected chi connectivity index (χ2v) is 11.0. The number of benzene rings is 2. The molecule has 3 aliphatic carbocycles. The smallest absolute Gasteiger partial charge is 0.319 e. The number of halogens is 1. The summed E-state index contributed by atoms with van der Waals surface area (Å²) in [6.45, 7) is 0.752. The van der Waals surface area contributed by atoms with Crippen LogP contribution in [0.2, 0.25) is 0 Å². The molecule has 2 aromatic rings. The monoisotopic (exact) mass is 456 g/mol. The third kappa shape index (κ3) is 3.74. The summed E-state index contributed by atoms with van der Waals surface area (Å²) in [5, 5.41) is 11.9. The molecule has 1 unspecified atom stereocenters. The molecule has 6 nitrogen and oxygen atoms in total. The van der Waals surface area contributed by atoms with E-state index in [1.54, 1.807) is 6.07 Å². The maximum atomic E-state index is 14.9. The van der Waals surface area contributed by atoms with E-state index in [1.807, 2.05) is 7.05 Å². The van der Waals surface area contributed by atoms with Gasteiger partial charge in [0.15, 0.2) is 0 Å². The maximum Gasteiger partial charge on any atom is 0.354 e. The molecule has 2 aromatic carbocycles. The lowest BCUT2D eigenvalue weighted by atomic mass is 9.96. The van der Waals surface area contributed by atoms with Crippen molar-refractivity contribution in [1.29, 1.82) is 0 Å². The Balaban J connectivity index is 1.43. The number of nitrogens with zero attached hydrogens (tertiary/aromatic N) is 1. The summed E-state index contributed by atoms with van der Waals surface area (Å²) in [6, 6.07) is 6.03. The average Bonchev–Trinajstić information content (AvgIpc) is 3.14. The summed E-state index contributed by atoms with van der Waals surface area (Å²) >= 11 is 0. The number of urea groups is 1. The van der Waals surface area contributed by atoms with Crippen LogP contribution >= 0.6 is 0 Å². The number of amides is 2. The van der Waals surface area contributed by atoms with Crippen molar-refractivity contribution in [1.82, 2.24) is 5.32 Å². The lowest BCUT2D eigenvalue weighted by Gasteiger charge is -2.17. The molecule has 1 fully saturated rings. The number of rotatable bonds is 5. The molecule has 170 valence electrons. The van der Waals surface area contributed by atoms with Crippen LogP contribution in [0, 0.1) is 5.82 Å². The highest BCUT2D eigenvalue weighted by Gasteiger charge is 2.44. The first-order valence-corrected chi connectivity index (χ1v) is 12.9. The summed E-state index contributed by atoms with van der Waals surface area (Å²) in [5.41, 5.74) is 6.41. The predicted molar refractivity (Wildman–Crippen MR) is 124 cm³/mol. The number of likely N-dealkylation sites (N-methyl/N-ethyl adjacent to an activating group) is 1. The third-order valence-electron chi connectivity index (χ3n) is 7.15. The Morgan fingerprint density at radius 1 is 1.12 bits per heavy atom. The molecule has 8 heteroatoms. The highest BCUT2D eigenvalue weighted by Crippen LogP contribution is 2.48. The number of carbonyl (C=O) groups is 1. The minimum atomic E-state index is -3.72. The third-order valence-corrected chi connectivity index (χ3v) is 8.55. The van der Waals surface area contributed by atoms with E-state index in [0.717, 1.165) is 80.3 Å². The first-order valence-electron chi connectivity index (χ1n) is 11.3. The van der Waals surface area contributed by atoms with Gasteiger partial charge in [0.05, 0.1) is 4.90 Å². The average molecular weight is 457 g/mol. The standard InChI is InChI=1S/C24H29FN4O2S/c1-27-14-24(10-11-24)17-8-9-21(20(25)13-17)32(26,31)29-23(30)28-22-18-6-2-4-15(18)12-16-5-3-7-19(16)22/h8-9,12-13,27H,2-7,10-11,14H2,1H3,(H3,26,28,29,30,31). The van der Waals surface area contributed by atoms with Crippen LogP contribution in [-0.2, 0) is 41.0 Å². The fraction of sp³-hybridized carbons (Fsp3) is 0.458. The Morgan fingerprint density at radius 3 is 2.34 bits per heavy atom. The van der Waals surface area contributed by atoms with Gasteiger partial charge < -0.3 is 10.6 Å². The van der Waals surface area contributed by atoms with Crippen molar-refractivity contribution in [2.24, 2.45) is 9.50 Å². The van der Waals surface area contributed by atoms with E-state index < -0.39 is 21.8 Å². The molecule has 0 heterocycles. The largest absolute Gasteiger partial charge is 0.354 e. The van der Waals surface area contributed by atoms with Crippen LogP contribution in [0.5, 0.6) is 0 Å². The van der Waals surface area contributed by atoms with E-state index in [4.69, 9.17) is 5.14 Å². The van der Waals surface area contributed by atoms with Gasteiger partial charge in [-0.05, 0) is 98.4 Å². The van der Waals surface area contributed by atoms with Crippen LogP contribution in [0.4, 0.5) is 14.9 Å². The fourth-order valence-electron chi connectivity index (χ4n) is 5.39. The molecular formula is C24H29FN4O2S. The van der Waals surface area contributed by atoms with Gasteiger partial charge in [-0.2, -0.15) is 0 Å². The van der Waals surface area contributed by atoms with Gasteiger partial charge in [-0.3, -0.25) is 0 Å². The van der Waals surface area contributed by atoms with Gasteiger partial charge in [-0.1, -0.05) is 12.1 Å². The Kier molecular flexibility index (Phi) is 5.34. The molecule has 2 amide bonds. The van der Waals surface area contributed by atoms with E-state index in [1.165, 1.54) is 23.3 Å². The van der Waals surface area contributed by atoms with E-state index in [0.29, 0.717) is 0 Å². The predicted octanol–water partition coefficient (Wildman–Crippen LogP) is 3.99. The highest BCUT2D eigenvalue weighted by molar-refractivity contribution is 7.91. The van der Waals surface area contributed by atoms with Gasteiger partial charge in [0, 0.05) is 17.6 Å². The molecule has 1 atom stereocenters. The quantitative estimate of drug-likeness (QED) is 0.635. The summed E-state index contributed by atoms with van der Waals surface area (Å²) in [6.07, 6.45) is 7.87. The highest BCUT2D eigenvalue weighted by atomic mass is 32.2. The van der Waals surface area contributed by atoms with E-state index in [9.17, 15) is 13.4 Å². The van der Waals surface area contributed by atoms with E-state index in [2.05, 4.69) is 21.1 Å². The topological polar surface area (TPSA) is 96.6 Å². The number of hydrogen-bond donors (Lipinski definition) is 3. The second-order valence-electron chi connectivity index (χ2n) is 9.28. The molecule has 0 aliphatic heterocycles. The minimum absolute atomic E-state index is 0.0772. The SMILES string of the molecule is CNCC1(c2ccc(S(N)(=O)=NC(=O)Nc3c4c(cc5c3CCC5)CCC4)c(F)c2)CC1. The van der Waals surface area contributed by atoms with Crippen molar-refractivity contribution in [3.05, 3.63) is 57.9 Å². The molecule has 3 aliphatic rings. The summed E-state index contributed by atoms with van der Waals surface area (Å²) in [4.78, 5) is 12.5. The van der Waals surface area contributed by atoms with Crippen molar-refractivity contribution in [2.45, 2.75) is 61.7 Å². The number of carbonyl (C=O) groups excluding carboxylic acids is 1. The Bertz CT molecular complexity index is 1200. The molecule has 1 saturated carbocycles. The van der Waals surface area contributed by atoms with Gasteiger partial charge in [-0.15, -0.1) is 4.36 Å². The molecule has 0 saturated heterocycles. The Hall–Kier alpha value is -2.29. The molecule has 0 radical (unpaired) electrons. The van der Waals surface area contributed by atoms with E-state index in [-0.39, 0.29) is 10.3 Å². The van der Waals surface area contributed by atoms with Crippen molar-refractivity contribution in [2.75, 3.05) is 18.9 Å². The number of anilines is 1. The van der Waals surface area contributed by atoms with Crippen LogP contribution in [0.3, 0.4) is 0 Å². The normalized spacial score (nSPS) is 19.7. The maximum absolute atomic E-state index is 14.9.